The molecule has 0 aliphatic carbocycles. The van der Waals surface area contributed by atoms with Crippen molar-refractivity contribution in [3.63, 3.8) is 0 Å². The molecule has 1 aliphatic heterocycles. The summed E-state index contributed by atoms with van der Waals surface area (Å²) in [6.07, 6.45) is 0.757. The highest BCUT2D eigenvalue weighted by Gasteiger charge is 2.32. The summed E-state index contributed by atoms with van der Waals surface area (Å²) in [4.78, 5) is 0. The van der Waals surface area contributed by atoms with Gasteiger partial charge in [-0.1, -0.05) is 18.2 Å². The van der Waals surface area contributed by atoms with Gasteiger partial charge in [-0.2, -0.15) is 20.5 Å². The zero-order valence-electron chi connectivity index (χ0n) is 11.3. The number of aliphatic hydroxyl groups is 1. The molecule has 1 aromatic rings. The summed E-state index contributed by atoms with van der Waals surface area (Å²) in [5, 5.41) is 13.5. The highest BCUT2D eigenvalue weighted by atomic mass is 32.2. The van der Waals surface area contributed by atoms with Crippen LogP contribution >= 0.6 is 11.8 Å². The Morgan fingerprint density at radius 3 is 2.85 bits per heavy atom. The van der Waals surface area contributed by atoms with Gasteiger partial charge >= 0.3 is 6.61 Å². The molecule has 1 saturated heterocycles. The predicted octanol–water partition coefficient (Wildman–Crippen LogP) is 2.81. The van der Waals surface area contributed by atoms with Crippen LogP contribution < -0.4 is 10.1 Å². The first-order chi connectivity index (χ1) is 9.50. The topological polar surface area (TPSA) is 41.5 Å². The summed E-state index contributed by atoms with van der Waals surface area (Å²) < 4.78 is 29.3. The minimum atomic E-state index is -2.83. The first kappa shape index (κ1) is 15.5. The molecule has 6 heteroatoms. The van der Waals surface area contributed by atoms with E-state index in [0.717, 1.165) is 12.2 Å². The van der Waals surface area contributed by atoms with Gasteiger partial charge in [0.1, 0.15) is 5.75 Å². The van der Waals surface area contributed by atoms with Crippen molar-refractivity contribution in [1.29, 1.82) is 0 Å². The summed E-state index contributed by atoms with van der Waals surface area (Å²) >= 11 is 1.73. The van der Waals surface area contributed by atoms with Gasteiger partial charge in [-0.05, 0) is 25.2 Å². The van der Waals surface area contributed by atoms with E-state index in [1.165, 1.54) is 6.07 Å². The lowest BCUT2D eigenvalue weighted by molar-refractivity contribution is -0.0507. The molecule has 0 amide bonds. The Hall–Kier alpha value is -0.850. The van der Waals surface area contributed by atoms with E-state index in [2.05, 4.69) is 10.1 Å². The first-order valence-electron chi connectivity index (χ1n) is 6.57. The number of ether oxygens (including phenoxy) is 1. The smallest absolute Gasteiger partial charge is 0.387 e. The molecule has 2 atom stereocenters. The van der Waals surface area contributed by atoms with Crippen molar-refractivity contribution < 1.29 is 18.6 Å². The SMILES string of the molecule is CC(NCC1(O)CCSC1)c1ccccc1OC(F)F. The van der Waals surface area contributed by atoms with Crippen LogP contribution in [0.15, 0.2) is 24.3 Å². The van der Waals surface area contributed by atoms with Crippen LogP contribution in [0.1, 0.15) is 24.9 Å². The van der Waals surface area contributed by atoms with Crippen LogP contribution in [0.25, 0.3) is 0 Å². The molecular formula is C14H19F2NO2S. The first-order valence-corrected chi connectivity index (χ1v) is 7.73. The van der Waals surface area contributed by atoms with Crippen molar-refractivity contribution in [3.8, 4) is 5.75 Å². The van der Waals surface area contributed by atoms with E-state index in [-0.39, 0.29) is 11.8 Å². The summed E-state index contributed by atoms with van der Waals surface area (Å²) in [5.74, 6) is 1.84. The van der Waals surface area contributed by atoms with Gasteiger partial charge in [-0.25, -0.2) is 0 Å². The lowest BCUT2D eigenvalue weighted by atomic mass is 10.0. The van der Waals surface area contributed by atoms with E-state index in [1.807, 2.05) is 6.92 Å². The highest BCUT2D eigenvalue weighted by Crippen LogP contribution is 2.29. The molecule has 112 valence electrons. The van der Waals surface area contributed by atoms with E-state index in [0.29, 0.717) is 17.9 Å². The average molecular weight is 303 g/mol. The van der Waals surface area contributed by atoms with Crippen LogP contribution in [0.2, 0.25) is 0 Å². The van der Waals surface area contributed by atoms with Crippen molar-refractivity contribution in [2.24, 2.45) is 0 Å². The van der Waals surface area contributed by atoms with Crippen LogP contribution in [0.4, 0.5) is 8.78 Å². The maximum Gasteiger partial charge on any atom is 0.387 e. The molecule has 2 unspecified atom stereocenters. The highest BCUT2D eigenvalue weighted by molar-refractivity contribution is 7.99. The van der Waals surface area contributed by atoms with Gasteiger partial charge in [0.05, 0.1) is 5.60 Å². The van der Waals surface area contributed by atoms with Crippen LogP contribution in [0, 0.1) is 0 Å². The van der Waals surface area contributed by atoms with E-state index in [1.54, 1.807) is 30.0 Å². The number of thioether (sulfide) groups is 1. The van der Waals surface area contributed by atoms with Crippen LogP contribution in [-0.2, 0) is 0 Å². The molecule has 0 spiro atoms. The average Bonchev–Trinajstić information content (AvgIpc) is 2.83. The summed E-state index contributed by atoms with van der Waals surface area (Å²) in [6.45, 7) is -0.512. The maximum atomic E-state index is 12.4. The van der Waals surface area contributed by atoms with Crippen molar-refractivity contribution in [2.75, 3.05) is 18.1 Å². The molecule has 2 N–H and O–H groups in total. The fraction of sp³-hybridized carbons (Fsp3) is 0.571. The molecular weight excluding hydrogens is 284 g/mol. The maximum absolute atomic E-state index is 12.4. The number of halogens is 2. The quantitative estimate of drug-likeness (QED) is 0.848. The zero-order chi connectivity index (χ0) is 14.6. The molecule has 1 heterocycles. The third-order valence-corrected chi connectivity index (χ3v) is 4.66. The zero-order valence-corrected chi connectivity index (χ0v) is 12.1. The second-order valence-corrected chi connectivity index (χ2v) is 6.15. The summed E-state index contributed by atoms with van der Waals surface area (Å²) in [5.41, 5.74) is -0.0284. The summed E-state index contributed by atoms with van der Waals surface area (Å²) in [6, 6.07) is 6.56. The van der Waals surface area contributed by atoms with Gasteiger partial charge in [-0.3, -0.25) is 0 Å². The number of hydrogen-bond donors (Lipinski definition) is 2. The lowest BCUT2D eigenvalue weighted by Crippen LogP contribution is -2.41. The van der Waals surface area contributed by atoms with Crippen molar-refractivity contribution in [2.45, 2.75) is 31.6 Å². The Morgan fingerprint density at radius 1 is 1.45 bits per heavy atom. The number of alkyl halides is 2. The molecule has 0 radical (unpaired) electrons. The number of hydrogen-bond acceptors (Lipinski definition) is 4. The molecule has 1 aromatic carbocycles. The third-order valence-electron chi connectivity index (χ3n) is 3.42. The monoisotopic (exact) mass is 303 g/mol. The number of nitrogens with one attached hydrogen (secondary N) is 1. The van der Waals surface area contributed by atoms with E-state index < -0.39 is 12.2 Å². The van der Waals surface area contributed by atoms with Crippen LogP contribution in [-0.4, -0.2) is 35.4 Å². The Balaban J connectivity index is 1.99. The lowest BCUT2D eigenvalue weighted by Gasteiger charge is -2.25. The standard InChI is InChI=1S/C14H19F2NO2S/c1-10(17-8-14(18)6-7-20-9-14)11-4-2-3-5-12(11)19-13(15)16/h2-5,10,13,17-18H,6-9H2,1H3. The van der Waals surface area contributed by atoms with Gasteiger partial charge in [0.15, 0.2) is 0 Å². The molecule has 0 saturated carbocycles. The van der Waals surface area contributed by atoms with Crippen LogP contribution in [0.5, 0.6) is 5.75 Å². The number of rotatable bonds is 6. The number of benzene rings is 1. The Bertz CT molecular complexity index is 439. The second kappa shape index (κ2) is 6.74. The number of para-hydroxylation sites is 1. The van der Waals surface area contributed by atoms with Crippen molar-refractivity contribution in [1.82, 2.24) is 5.32 Å². The second-order valence-electron chi connectivity index (χ2n) is 5.05. The van der Waals surface area contributed by atoms with E-state index in [4.69, 9.17) is 0 Å². The van der Waals surface area contributed by atoms with Gasteiger partial charge in [0, 0.05) is 23.9 Å². The van der Waals surface area contributed by atoms with Gasteiger partial charge in [0.25, 0.3) is 0 Å². The van der Waals surface area contributed by atoms with Crippen molar-refractivity contribution >= 4 is 11.8 Å². The minimum Gasteiger partial charge on any atom is -0.434 e. The van der Waals surface area contributed by atoms with Gasteiger partial charge in [-0.15, -0.1) is 0 Å². The molecule has 2 rings (SSSR count). The molecule has 0 aromatic heterocycles. The minimum absolute atomic E-state index is 0.167. The van der Waals surface area contributed by atoms with Crippen LogP contribution in [0.3, 0.4) is 0 Å². The summed E-state index contributed by atoms with van der Waals surface area (Å²) in [7, 11) is 0. The molecule has 1 fully saturated rings. The molecule has 20 heavy (non-hydrogen) atoms. The largest absolute Gasteiger partial charge is 0.434 e. The van der Waals surface area contributed by atoms with E-state index in [9.17, 15) is 13.9 Å². The van der Waals surface area contributed by atoms with Gasteiger partial charge in [0.2, 0.25) is 0 Å². The van der Waals surface area contributed by atoms with Gasteiger partial charge < -0.3 is 15.2 Å². The molecule has 3 nitrogen and oxygen atoms in total. The third kappa shape index (κ3) is 4.07. The fourth-order valence-electron chi connectivity index (χ4n) is 2.23. The molecule has 1 aliphatic rings. The fourth-order valence-corrected chi connectivity index (χ4v) is 3.53. The Morgan fingerprint density at radius 2 is 2.20 bits per heavy atom. The Kier molecular flexibility index (Phi) is 5.23. The Labute approximate surface area is 121 Å². The van der Waals surface area contributed by atoms with Crippen molar-refractivity contribution in [3.05, 3.63) is 29.8 Å². The predicted molar refractivity (Wildman–Crippen MR) is 76.4 cm³/mol. The molecule has 0 bridgehead atoms. The van der Waals surface area contributed by atoms with E-state index >= 15 is 0 Å². The normalized spacial score (nSPS) is 24.1.